The number of anilines is 1. The zero-order valence-corrected chi connectivity index (χ0v) is 20.0. The van der Waals surface area contributed by atoms with Crippen LogP contribution >= 0.6 is 24.0 Å². The summed E-state index contributed by atoms with van der Waals surface area (Å²) in [5, 5.41) is 6.84. The van der Waals surface area contributed by atoms with Crippen LogP contribution in [0, 0.1) is 0 Å². The van der Waals surface area contributed by atoms with Gasteiger partial charge in [0.25, 0.3) is 0 Å². The Morgan fingerprint density at radius 1 is 1.14 bits per heavy atom. The highest BCUT2D eigenvalue weighted by atomic mass is 127. The molecule has 1 heterocycles. The van der Waals surface area contributed by atoms with Crippen molar-refractivity contribution < 1.29 is 8.42 Å². The molecule has 0 saturated carbocycles. The van der Waals surface area contributed by atoms with Gasteiger partial charge in [-0.15, -0.1) is 24.0 Å². The maximum Gasteiger partial charge on any atom is 0.191 e. The van der Waals surface area contributed by atoms with E-state index in [1.54, 1.807) is 19.2 Å². The number of nitrogens with one attached hydrogen (secondary N) is 2. The molecule has 8 heteroatoms. The second-order valence-corrected chi connectivity index (χ2v) is 9.09. The summed E-state index contributed by atoms with van der Waals surface area (Å²) in [4.78, 5) is 7.06. The molecule has 2 aromatic carbocycles. The molecular weight excluding hydrogens is 499 g/mol. The first-order valence-electron chi connectivity index (χ1n) is 9.52. The number of guanidine groups is 1. The SMILES string of the molecule is CN=C(NCCc1ccc(S(C)(=O)=O)cc1)NC1CCN(c2ccccc2)C1.I. The van der Waals surface area contributed by atoms with Crippen LogP contribution in [0.1, 0.15) is 12.0 Å². The van der Waals surface area contributed by atoms with E-state index < -0.39 is 9.84 Å². The van der Waals surface area contributed by atoms with Gasteiger partial charge in [-0.25, -0.2) is 8.42 Å². The minimum Gasteiger partial charge on any atom is -0.369 e. The number of hydrogen-bond acceptors (Lipinski definition) is 4. The van der Waals surface area contributed by atoms with Crippen molar-refractivity contribution in [1.29, 1.82) is 0 Å². The summed E-state index contributed by atoms with van der Waals surface area (Å²) in [5.74, 6) is 0.799. The van der Waals surface area contributed by atoms with E-state index in [-0.39, 0.29) is 24.0 Å². The van der Waals surface area contributed by atoms with Gasteiger partial charge < -0.3 is 15.5 Å². The summed E-state index contributed by atoms with van der Waals surface area (Å²) in [6.45, 7) is 2.72. The average molecular weight is 528 g/mol. The lowest BCUT2D eigenvalue weighted by molar-refractivity contribution is 0.602. The van der Waals surface area contributed by atoms with Gasteiger partial charge in [-0.05, 0) is 42.7 Å². The Kier molecular flexibility index (Phi) is 8.76. The van der Waals surface area contributed by atoms with Gasteiger partial charge in [-0.1, -0.05) is 30.3 Å². The molecule has 1 saturated heterocycles. The molecule has 1 aliphatic heterocycles. The summed E-state index contributed by atoms with van der Waals surface area (Å²) in [7, 11) is -1.37. The van der Waals surface area contributed by atoms with Crippen molar-refractivity contribution in [3.63, 3.8) is 0 Å². The predicted octanol–water partition coefficient (Wildman–Crippen LogP) is 2.69. The number of halogens is 1. The molecule has 0 amide bonds. The molecule has 2 aromatic rings. The van der Waals surface area contributed by atoms with E-state index in [1.807, 2.05) is 18.2 Å². The van der Waals surface area contributed by atoms with Crippen LogP contribution in [0.2, 0.25) is 0 Å². The molecule has 1 unspecified atom stereocenters. The molecule has 1 atom stereocenters. The van der Waals surface area contributed by atoms with Crippen LogP contribution in [0.4, 0.5) is 5.69 Å². The molecule has 0 spiro atoms. The highest BCUT2D eigenvalue weighted by molar-refractivity contribution is 14.0. The van der Waals surface area contributed by atoms with E-state index in [9.17, 15) is 8.42 Å². The first-order chi connectivity index (χ1) is 13.5. The van der Waals surface area contributed by atoms with Crippen LogP contribution in [-0.4, -0.2) is 53.4 Å². The Morgan fingerprint density at radius 3 is 2.45 bits per heavy atom. The van der Waals surface area contributed by atoms with Gasteiger partial charge in [-0.3, -0.25) is 4.99 Å². The highest BCUT2D eigenvalue weighted by Gasteiger charge is 2.23. The zero-order chi connectivity index (χ0) is 20.0. The fourth-order valence-corrected chi connectivity index (χ4v) is 4.00. The molecule has 3 rings (SSSR count). The van der Waals surface area contributed by atoms with Crippen LogP contribution in [0.3, 0.4) is 0 Å². The van der Waals surface area contributed by atoms with Gasteiger partial charge in [0, 0.05) is 44.7 Å². The van der Waals surface area contributed by atoms with E-state index in [2.05, 4.69) is 44.8 Å². The van der Waals surface area contributed by atoms with E-state index in [1.165, 1.54) is 11.9 Å². The van der Waals surface area contributed by atoms with Gasteiger partial charge in [0.15, 0.2) is 15.8 Å². The Labute approximate surface area is 190 Å². The molecule has 0 bridgehead atoms. The van der Waals surface area contributed by atoms with Crippen LogP contribution < -0.4 is 15.5 Å². The Balaban J connectivity index is 0.00000300. The highest BCUT2D eigenvalue weighted by Crippen LogP contribution is 2.19. The van der Waals surface area contributed by atoms with Crippen molar-refractivity contribution in [2.24, 2.45) is 4.99 Å². The normalized spacial score (nSPS) is 17.0. The van der Waals surface area contributed by atoms with Crippen LogP contribution in [0.25, 0.3) is 0 Å². The fraction of sp³-hybridized carbons (Fsp3) is 0.381. The van der Waals surface area contributed by atoms with Gasteiger partial charge in [-0.2, -0.15) is 0 Å². The zero-order valence-electron chi connectivity index (χ0n) is 16.8. The maximum atomic E-state index is 11.5. The van der Waals surface area contributed by atoms with Crippen molar-refractivity contribution in [2.45, 2.75) is 23.8 Å². The number of nitrogens with zero attached hydrogens (tertiary/aromatic N) is 2. The minimum atomic E-state index is -3.14. The van der Waals surface area contributed by atoms with Gasteiger partial charge in [0.05, 0.1) is 4.90 Å². The minimum absolute atomic E-state index is 0. The predicted molar refractivity (Wildman–Crippen MR) is 130 cm³/mol. The number of rotatable bonds is 6. The molecule has 2 N–H and O–H groups in total. The lowest BCUT2D eigenvalue weighted by atomic mass is 10.1. The Bertz CT molecular complexity index is 902. The summed E-state index contributed by atoms with van der Waals surface area (Å²) < 4.78 is 23.0. The second-order valence-electron chi connectivity index (χ2n) is 7.08. The molecule has 1 aliphatic rings. The quantitative estimate of drug-likeness (QED) is 0.343. The molecule has 1 fully saturated rings. The van der Waals surface area contributed by atoms with Crippen molar-refractivity contribution in [3.8, 4) is 0 Å². The monoisotopic (exact) mass is 528 g/mol. The standard InChI is InChI=1S/C21H28N4O2S.HI/c1-22-21(23-14-12-17-8-10-20(11-9-17)28(2,26)27)24-18-13-15-25(16-18)19-6-4-3-5-7-19;/h3-11,18H,12-16H2,1-2H3,(H2,22,23,24);1H. The van der Waals surface area contributed by atoms with Crippen LogP contribution in [0.5, 0.6) is 0 Å². The number of hydrogen-bond donors (Lipinski definition) is 2. The maximum absolute atomic E-state index is 11.5. The molecular formula is C21H29IN4O2S. The summed E-state index contributed by atoms with van der Waals surface area (Å²) in [6.07, 6.45) is 3.09. The topological polar surface area (TPSA) is 73.8 Å². The first kappa shape index (κ1) is 23.5. The number of para-hydroxylation sites is 1. The van der Waals surface area contributed by atoms with Crippen LogP contribution in [-0.2, 0) is 16.3 Å². The van der Waals surface area contributed by atoms with Gasteiger partial charge in [0.2, 0.25) is 0 Å². The van der Waals surface area contributed by atoms with Crippen molar-refractivity contribution in [3.05, 3.63) is 60.2 Å². The summed E-state index contributed by atoms with van der Waals surface area (Å²) in [6, 6.07) is 17.9. The lowest BCUT2D eigenvalue weighted by Gasteiger charge is -2.20. The van der Waals surface area contributed by atoms with Gasteiger partial charge >= 0.3 is 0 Å². The third kappa shape index (κ3) is 6.88. The largest absolute Gasteiger partial charge is 0.369 e. The molecule has 158 valence electrons. The fourth-order valence-electron chi connectivity index (χ4n) is 3.37. The number of sulfone groups is 1. The molecule has 0 aliphatic carbocycles. The Hall–Kier alpha value is -1.81. The van der Waals surface area contributed by atoms with Gasteiger partial charge in [0.1, 0.15) is 0 Å². The molecule has 0 aromatic heterocycles. The van der Waals surface area contributed by atoms with E-state index in [4.69, 9.17) is 0 Å². The third-order valence-corrected chi connectivity index (χ3v) is 6.06. The average Bonchev–Trinajstić information content (AvgIpc) is 3.16. The Morgan fingerprint density at radius 2 is 1.83 bits per heavy atom. The summed E-state index contributed by atoms with van der Waals surface area (Å²) >= 11 is 0. The molecule has 29 heavy (non-hydrogen) atoms. The summed E-state index contributed by atoms with van der Waals surface area (Å²) in [5.41, 5.74) is 2.35. The first-order valence-corrected chi connectivity index (χ1v) is 11.4. The van der Waals surface area contributed by atoms with Crippen molar-refractivity contribution in [1.82, 2.24) is 10.6 Å². The van der Waals surface area contributed by atoms with E-state index in [0.717, 1.165) is 44.0 Å². The van der Waals surface area contributed by atoms with Crippen molar-refractivity contribution >= 4 is 45.5 Å². The number of aliphatic imine (C=N–C) groups is 1. The second kappa shape index (κ2) is 10.8. The van der Waals surface area contributed by atoms with E-state index >= 15 is 0 Å². The molecule has 6 nitrogen and oxygen atoms in total. The molecule has 0 radical (unpaired) electrons. The lowest BCUT2D eigenvalue weighted by Crippen LogP contribution is -2.45. The number of benzene rings is 2. The smallest absolute Gasteiger partial charge is 0.191 e. The third-order valence-electron chi connectivity index (χ3n) is 4.93. The van der Waals surface area contributed by atoms with Crippen molar-refractivity contribution in [2.75, 3.05) is 37.8 Å². The van der Waals surface area contributed by atoms with E-state index in [0.29, 0.717) is 10.9 Å². The van der Waals surface area contributed by atoms with Crippen LogP contribution in [0.15, 0.2) is 64.5 Å².